The van der Waals surface area contributed by atoms with Crippen LogP contribution in [-0.2, 0) is 17.6 Å². The van der Waals surface area contributed by atoms with Crippen LogP contribution in [0.3, 0.4) is 0 Å². The number of nitrogens with zero attached hydrogens (tertiary/aromatic N) is 2. The molecule has 0 fully saturated rings. The third-order valence-electron chi connectivity index (χ3n) is 4.64. The van der Waals surface area contributed by atoms with E-state index in [-0.39, 0.29) is 11.8 Å². The van der Waals surface area contributed by atoms with Gasteiger partial charge in [-0.25, -0.2) is 9.97 Å². The van der Waals surface area contributed by atoms with Crippen LogP contribution in [0.1, 0.15) is 40.0 Å². The lowest BCUT2D eigenvalue weighted by Crippen LogP contribution is -2.44. The number of benzene rings is 1. The van der Waals surface area contributed by atoms with Crippen LogP contribution in [0.5, 0.6) is 0 Å². The molecular formula is C20H20N4O2S2. The first kappa shape index (κ1) is 18.9. The number of thiophene rings is 1. The Labute approximate surface area is 171 Å². The van der Waals surface area contributed by atoms with Crippen molar-refractivity contribution in [2.45, 2.75) is 43.4 Å². The van der Waals surface area contributed by atoms with Crippen LogP contribution in [-0.4, -0.2) is 27.0 Å². The summed E-state index contributed by atoms with van der Waals surface area (Å²) < 4.78 is 0. The number of hydrazine groups is 1. The van der Waals surface area contributed by atoms with Crippen molar-refractivity contribution in [2.24, 2.45) is 0 Å². The molecule has 2 amide bonds. The summed E-state index contributed by atoms with van der Waals surface area (Å²) in [6, 6.07) is 8.77. The SMILES string of the molecule is Cc1nc(S[C@@H](C)C(=O)NNC(=O)c2ccccc2)c2c3c(sc2n1)CCC3. The Morgan fingerprint density at radius 1 is 1.14 bits per heavy atom. The van der Waals surface area contributed by atoms with Crippen molar-refractivity contribution in [3.63, 3.8) is 0 Å². The summed E-state index contributed by atoms with van der Waals surface area (Å²) >= 11 is 3.15. The maximum atomic E-state index is 12.5. The van der Waals surface area contributed by atoms with Gasteiger partial charge in [0.05, 0.1) is 5.25 Å². The first-order chi connectivity index (χ1) is 13.5. The molecule has 0 saturated carbocycles. The summed E-state index contributed by atoms with van der Waals surface area (Å²) in [4.78, 5) is 36.2. The van der Waals surface area contributed by atoms with Gasteiger partial charge in [0.25, 0.3) is 11.8 Å². The molecule has 0 radical (unpaired) electrons. The molecule has 2 heterocycles. The highest BCUT2D eigenvalue weighted by Crippen LogP contribution is 2.41. The molecule has 4 rings (SSSR count). The second-order valence-electron chi connectivity index (χ2n) is 6.68. The maximum absolute atomic E-state index is 12.5. The van der Waals surface area contributed by atoms with Gasteiger partial charge in [-0.3, -0.25) is 20.4 Å². The summed E-state index contributed by atoms with van der Waals surface area (Å²) in [6.07, 6.45) is 3.31. The quantitative estimate of drug-likeness (QED) is 0.390. The highest BCUT2D eigenvalue weighted by atomic mass is 32.2. The molecule has 0 saturated heterocycles. The van der Waals surface area contributed by atoms with E-state index in [1.807, 2.05) is 19.9 Å². The average Bonchev–Trinajstić information content (AvgIpc) is 3.27. The lowest BCUT2D eigenvalue weighted by molar-refractivity contribution is -0.121. The highest BCUT2D eigenvalue weighted by molar-refractivity contribution is 8.00. The number of fused-ring (bicyclic) bond motifs is 3. The zero-order valence-electron chi connectivity index (χ0n) is 15.6. The third-order valence-corrected chi connectivity index (χ3v) is 6.91. The van der Waals surface area contributed by atoms with Gasteiger partial charge in [-0.05, 0) is 50.8 Å². The van der Waals surface area contributed by atoms with Crippen molar-refractivity contribution in [3.05, 3.63) is 52.2 Å². The molecule has 1 aliphatic rings. The van der Waals surface area contributed by atoms with E-state index in [1.54, 1.807) is 35.6 Å². The third kappa shape index (κ3) is 3.74. The fourth-order valence-electron chi connectivity index (χ4n) is 3.25. The van der Waals surface area contributed by atoms with Crippen molar-refractivity contribution >= 4 is 45.1 Å². The molecular weight excluding hydrogens is 392 g/mol. The number of hydrogen-bond acceptors (Lipinski definition) is 6. The normalized spacial score (nSPS) is 13.9. The van der Waals surface area contributed by atoms with Gasteiger partial charge in [0.15, 0.2) is 0 Å². The summed E-state index contributed by atoms with van der Waals surface area (Å²) in [6.45, 7) is 3.68. The van der Waals surface area contributed by atoms with E-state index in [1.165, 1.54) is 22.2 Å². The van der Waals surface area contributed by atoms with E-state index in [2.05, 4.69) is 20.8 Å². The monoisotopic (exact) mass is 412 g/mol. The predicted molar refractivity (Wildman–Crippen MR) is 112 cm³/mol. The van der Waals surface area contributed by atoms with Crippen LogP contribution >= 0.6 is 23.1 Å². The lowest BCUT2D eigenvalue weighted by atomic mass is 10.2. The molecule has 28 heavy (non-hydrogen) atoms. The molecule has 2 N–H and O–H groups in total. The molecule has 2 aromatic heterocycles. The summed E-state index contributed by atoms with van der Waals surface area (Å²) in [5.41, 5.74) is 6.81. The topological polar surface area (TPSA) is 84.0 Å². The molecule has 8 heteroatoms. The summed E-state index contributed by atoms with van der Waals surface area (Å²) in [7, 11) is 0. The number of rotatable bonds is 4. The minimum atomic E-state index is -0.412. The largest absolute Gasteiger partial charge is 0.272 e. The van der Waals surface area contributed by atoms with Crippen LogP contribution < -0.4 is 10.9 Å². The Balaban J connectivity index is 1.47. The summed E-state index contributed by atoms with van der Waals surface area (Å²) in [5, 5.41) is 1.53. The Hall–Kier alpha value is -2.45. The Morgan fingerprint density at radius 3 is 2.71 bits per heavy atom. The predicted octanol–water partition coefficient (Wildman–Crippen LogP) is 3.43. The number of amides is 2. The fourth-order valence-corrected chi connectivity index (χ4v) is 5.65. The number of carbonyl (C=O) groups excluding carboxylic acids is 2. The van der Waals surface area contributed by atoms with Crippen LogP contribution in [0.4, 0.5) is 0 Å². The second kappa shape index (κ2) is 7.89. The summed E-state index contributed by atoms with van der Waals surface area (Å²) in [5.74, 6) is 0.0903. The molecule has 0 aliphatic heterocycles. The van der Waals surface area contributed by atoms with Gasteiger partial charge in [0.2, 0.25) is 0 Å². The highest BCUT2D eigenvalue weighted by Gasteiger charge is 2.24. The number of hydrogen-bond donors (Lipinski definition) is 2. The van der Waals surface area contributed by atoms with E-state index in [0.29, 0.717) is 11.4 Å². The van der Waals surface area contributed by atoms with Crippen LogP contribution in [0.15, 0.2) is 35.4 Å². The molecule has 1 atom stereocenters. The minimum absolute atomic E-state index is 0.273. The zero-order valence-corrected chi connectivity index (χ0v) is 17.2. The fraction of sp³-hybridized carbons (Fsp3) is 0.300. The van der Waals surface area contributed by atoms with Crippen molar-refractivity contribution in [2.75, 3.05) is 0 Å². The van der Waals surface area contributed by atoms with E-state index in [4.69, 9.17) is 0 Å². The van der Waals surface area contributed by atoms with E-state index in [0.717, 1.165) is 34.5 Å². The molecule has 6 nitrogen and oxygen atoms in total. The second-order valence-corrected chi connectivity index (χ2v) is 9.10. The number of thioether (sulfide) groups is 1. The zero-order chi connectivity index (χ0) is 19.7. The first-order valence-electron chi connectivity index (χ1n) is 9.13. The molecule has 1 aromatic carbocycles. The first-order valence-corrected chi connectivity index (χ1v) is 10.8. The van der Waals surface area contributed by atoms with Gasteiger partial charge in [0, 0.05) is 15.8 Å². The average molecular weight is 413 g/mol. The van der Waals surface area contributed by atoms with Gasteiger partial charge < -0.3 is 0 Å². The van der Waals surface area contributed by atoms with Gasteiger partial charge in [-0.1, -0.05) is 30.0 Å². The standard InChI is InChI=1S/C20H20N4O2S2/c1-11(17(25)23-24-18(26)13-7-4-3-5-8-13)27-19-16-14-9-6-10-15(14)28-20(16)22-12(2)21-19/h3-5,7-8,11H,6,9-10H2,1-2H3,(H,23,25)(H,24,26)/t11-/m0/s1. The number of nitrogens with one attached hydrogen (secondary N) is 2. The van der Waals surface area contributed by atoms with Crippen molar-refractivity contribution in [1.29, 1.82) is 0 Å². The smallest absolute Gasteiger partial charge is 0.269 e. The Bertz CT molecular complexity index is 1050. The molecule has 144 valence electrons. The lowest BCUT2D eigenvalue weighted by Gasteiger charge is -2.13. The van der Waals surface area contributed by atoms with Crippen molar-refractivity contribution < 1.29 is 9.59 Å². The van der Waals surface area contributed by atoms with Crippen LogP contribution in [0, 0.1) is 6.92 Å². The van der Waals surface area contributed by atoms with Gasteiger partial charge in [-0.2, -0.15) is 0 Å². The van der Waals surface area contributed by atoms with Gasteiger partial charge >= 0.3 is 0 Å². The maximum Gasteiger partial charge on any atom is 0.269 e. The van der Waals surface area contributed by atoms with E-state index >= 15 is 0 Å². The van der Waals surface area contributed by atoms with E-state index in [9.17, 15) is 9.59 Å². The number of carbonyl (C=O) groups is 2. The minimum Gasteiger partial charge on any atom is -0.272 e. The Morgan fingerprint density at radius 2 is 1.93 bits per heavy atom. The van der Waals surface area contributed by atoms with E-state index < -0.39 is 5.25 Å². The molecule has 0 unspecified atom stereocenters. The molecule has 1 aliphatic carbocycles. The molecule has 3 aromatic rings. The van der Waals surface area contributed by atoms with Gasteiger partial charge in [-0.15, -0.1) is 11.3 Å². The van der Waals surface area contributed by atoms with Crippen molar-refractivity contribution in [3.8, 4) is 0 Å². The van der Waals surface area contributed by atoms with Crippen LogP contribution in [0.2, 0.25) is 0 Å². The van der Waals surface area contributed by atoms with Gasteiger partial charge in [0.1, 0.15) is 15.7 Å². The van der Waals surface area contributed by atoms with Crippen LogP contribution in [0.25, 0.3) is 10.2 Å². The van der Waals surface area contributed by atoms with Crippen molar-refractivity contribution in [1.82, 2.24) is 20.8 Å². The Kier molecular flexibility index (Phi) is 5.32. The number of aryl methyl sites for hydroxylation is 3. The number of aromatic nitrogens is 2. The molecule has 0 bridgehead atoms. The molecule has 0 spiro atoms.